The summed E-state index contributed by atoms with van der Waals surface area (Å²) in [7, 11) is 0. The molecule has 1 atom stereocenters. The second kappa shape index (κ2) is 8.95. The average Bonchev–Trinajstić information content (AvgIpc) is 2.78. The molecule has 1 aliphatic heterocycles. The Balaban J connectivity index is 1.64. The largest absolute Gasteiger partial charge is 0.390 e. The van der Waals surface area contributed by atoms with Crippen molar-refractivity contribution < 1.29 is 23.4 Å². The molecular weight excluding hydrogens is 457 g/mol. The van der Waals surface area contributed by atoms with Crippen molar-refractivity contribution in [3.8, 4) is 0 Å². The Hall–Kier alpha value is -2.91. The van der Waals surface area contributed by atoms with Gasteiger partial charge in [-0.05, 0) is 64.8 Å². The maximum atomic E-state index is 15.2. The van der Waals surface area contributed by atoms with E-state index in [1.54, 1.807) is 6.92 Å². The van der Waals surface area contributed by atoms with E-state index < -0.39 is 34.5 Å². The predicted molar refractivity (Wildman–Crippen MR) is 130 cm³/mol. The normalized spacial score (nSPS) is 17.5. The smallest absolute Gasteiger partial charge is 0.303 e. The predicted octanol–water partition coefficient (Wildman–Crippen LogP) is 5.16. The Labute approximate surface area is 202 Å². The van der Waals surface area contributed by atoms with Crippen LogP contribution in [0, 0.1) is 5.82 Å². The van der Waals surface area contributed by atoms with E-state index in [2.05, 4.69) is 20.4 Å². The maximum Gasteiger partial charge on any atom is 0.303 e. The van der Waals surface area contributed by atoms with Crippen molar-refractivity contribution in [2.24, 2.45) is 0 Å². The fourth-order valence-corrected chi connectivity index (χ4v) is 4.37. The van der Waals surface area contributed by atoms with E-state index >= 15 is 4.39 Å². The van der Waals surface area contributed by atoms with Crippen molar-refractivity contribution in [2.45, 2.75) is 63.7 Å². The SMILES string of the molecule is C[C@@H](Nc1cnnc2ccc(N3CCC(C)(O)CC3)cc12)c1cccc(C(F)(F)C(C)(C)O)c1F. The minimum Gasteiger partial charge on any atom is -0.390 e. The van der Waals surface area contributed by atoms with Crippen LogP contribution in [0.1, 0.15) is 57.7 Å². The first kappa shape index (κ1) is 25.2. The van der Waals surface area contributed by atoms with Gasteiger partial charge in [0.15, 0.2) is 0 Å². The van der Waals surface area contributed by atoms with Crippen LogP contribution in [0.3, 0.4) is 0 Å². The molecule has 1 fully saturated rings. The van der Waals surface area contributed by atoms with Gasteiger partial charge in [0.2, 0.25) is 0 Å². The van der Waals surface area contributed by atoms with Crippen LogP contribution in [0.2, 0.25) is 0 Å². The summed E-state index contributed by atoms with van der Waals surface area (Å²) in [5, 5.41) is 32.3. The molecule has 3 N–H and O–H groups in total. The van der Waals surface area contributed by atoms with Gasteiger partial charge >= 0.3 is 5.92 Å². The summed E-state index contributed by atoms with van der Waals surface area (Å²) in [6, 6.07) is 8.89. The fourth-order valence-electron chi connectivity index (χ4n) is 4.37. The summed E-state index contributed by atoms with van der Waals surface area (Å²) in [6.45, 7) is 6.85. The van der Waals surface area contributed by atoms with Crippen LogP contribution < -0.4 is 10.2 Å². The van der Waals surface area contributed by atoms with E-state index in [0.29, 0.717) is 37.1 Å². The van der Waals surface area contributed by atoms with Gasteiger partial charge in [-0.25, -0.2) is 4.39 Å². The van der Waals surface area contributed by atoms with Gasteiger partial charge in [0.05, 0.1) is 34.6 Å². The van der Waals surface area contributed by atoms with E-state index in [4.69, 9.17) is 0 Å². The molecule has 0 bridgehead atoms. The highest BCUT2D eigenvalue weighted by Crippen LogP contribution is 2.41. The lowest BCUT2D eigenvalue weighted by molar-refractivity contribution is -0.170. The summed E-state index contributed by atoms with van der Waals surface area (Å²) < 4.78 is 44.7. The van der Waals surface area contributed by atoms with Crippen LogP contribution in [0.4, 0.5) is 24.5 Å². The zero-order valence-electron chi connectivity index (χ0n) is 20.3. The van der Waals surface area contributed by atoms with Gasteiger partial charge in [-0.3, -0.25) is 0 Å². The molecule has 2 aromatic carbocycles. The standard InChI is InChI=1S/C26H31F3N4O2/c1-16(18-6-5-7-20(23(18)27)26(28,29)24(2,3)34)31-22-15-30-32-21-9-8-17(14-19(21)22)33-12-10-25(4,35)11-13-33/h5-9,14-16,34-35H,10-13H2,1-4H3,(H,31,32)/t16-/m1/s1. The summed E-state index contributed by atoms with van der Waals surface area (Å²) in [5.41, 5.74) is -1.70. The molecule has 0 aliphatic carbocycles. The number of hydrogen-bond acceptors (Lipinski definition) is 6. The van der Waals surface area contributed by atoms with Crippen molar-refractivity contribution in [2.75, 3.05) is 23.3 Å². The summed E-state index contributed by atoms with van der Waals surface area (Å²) in [5.74, 6) is -4.84. The van der Waals surface area contributed by atoms with Crippen LogP contribution in [0.5, 0.6) is 0 Å². The van der Waals surface area contributed by atoms with Crippen molar-refractivity contribution in [3.05, 3.63) is 59.5 Å². The Morgan fingerprint density at radius 1 is 1.14 bits per heavy atom. The number of rotatable bonds is 6. The minimum absolute atomic E-state index is 0.0470. The average molecular weight is 489 g/mol. The van der Waals surface area contributed by atoms with Gasteiger partial charge in [0, 0.05) is 29.7 Å². The van der Waals surface area contributed by atoms with Crippen molar-refractivity contribution in [3.63, 3.8) is 0 Å². The monoisotopic (exact) mass is 488 g/mol. The second-order valence-electron chi connectivity index (χ2n) is 10.2. The number of fused-ring (bicyclic) bond motifs is 1. The highest BCUT2D eigenvalue weighted by molar-refractivity contribution is 5.93. The van der Waals surface area contributed by atoms with Crippen LogP contribution in [0.15, 0.2) is 42.6 Å². The minimum atomic E-state index is -3.77. The first-order valence-electron chi connectivity index (χ1n) is 11.7. The number of nitrogens with zero attached hydrogens (tertiary/aromatic N) is 3. The zero-order chi connectivity index (χ0) is 25.6. The van der Waals surface area contributed by atoms with Crippen LogP contribution in [-0.2, 0) is 5.92 Å². The molecule has 0 radical (unpaired) electrons. The van der Waals surface area contributed by atoms with Crippen molar-refractivity contribution in [1.29, 1.82) is 0 Å². The third-order valence-electron chi connectivity index (χ3n) is 6.80. The first-order chi connectivity index (χ1) is 16.3. The number of halogens is 3. The number of nitrogens with one attached hydrogen (secondary N) is 1. The van der Waals surface area contributed by atoms with Crippen molar-refractivity contribution in [1.82, 2.24) is 10.2 Å². The molecule has 0 spiro atoms. The van der Waals surface area contributed by atoms with E-state index in [1.165, 1.54) is 18.3 Å². The third kappa shape index (κ3) is 4.92. The molecule has 1 saturated heterocycles. The number of piperidine rings is 1. The highest BCUT2D eigenvalue weighted by Gasteiger charge is 2.49. The van der Waals surface area contributed by atoms with Gasteiger partial charge in [-0.15, -0.1) is 0 Å². The first-order valence-corrected chi connectivity index (χ1v) is 11.7. The molecule has 1 aromatic heterocycles. The van der Waals surface area contributed by atoms with E-state index in [-0.39, 0.29) is 5.56 Å². The lowest BCUT2D eigenvalue weighted by atomic mass is 9.91. The van der Waals surface area contributed by atoms with Crippen LogP contribution in [-0.4, -0.2) is 44.7 Å². The lowest BCUT2D eigenvalue weighted by Crippen LogP contribution is -2.42. The second-order valence-corrected chi connectivity index (χ2v) is 10.2. The van der Waals surface area contributed by atoms with E-state index in [9.17, 15) is 19.0 Å². The van der Waals surface area contributed by atoms with Gasteiger partial charge in [-0.1, -0.05) is 12.1 Å². The fraction of sp³-hybridized carbons (Fsp3) is 0.462. The van der Waals surface area contributed by atoms with E-state index in [0.717, 1.165) is 31.0 Å². The Morgan fingerprint density at radius 3 is 2.49 bits per heavy atom. The molecule has 35 heavy (non-hydrogen) atoms. The highest BCUT2D eigenvalue weighted by atomic mass is 19.3. The Bertz CT molecular complexity index is 1220. The Morgan fingerprint density at radius 2 is 1.83 bits per heavy atom. The molecule has 2 heterocycles. The zero-order valence-corrected chi connectivity index (χ0v) is 20.3. The summed E-state index contributed by atoms with van der Waals surface area (Å²) in [6.07, 6.45) is 2.84. The van der Waals surface area contributed by atoms with Crippen LogP contribution in [0.25, 0.3) is 10.9 Å². The number of benzene rings is 2. The molecule has 0 amide bonds. The van der Waals surface area contributed by atoms with Crippen LogP contribution >= 0.6 is 0 Å². The molecule has 0 saturated carbocycles. The topological polar surface area (TPSA) is 81.5 Å². The molecule has 6 nitrogen and oxygen atoms in total. The molecule has 9 heteroatoms. The van der Waals surface area contributed by atoms with E-state index in [1.807, 2.05) is 25.1 Å². The lowest BCUT2D eigenvalue weighted by Gasteiger charge is -2.37. The molecule has 1 aliphatic rings. The number of anilines is 2. The molecule has 188 valence electrons. The Kier molecular flexibility index (Phi) is 6.44. The van der Waals surface area contributed by atoms with Gasteiger partial charge < -0.3 is 20.4 Å². The number of hydrogen-bond donors (Lipinski definition) is 3. The quantitative estimate of drug-likeness (QED) is 0.445. The van der Waals surface area contributed by atoms with Gasteiger partial charge in [0.1, 0.15) is 11.4 Å². The molecule has 3 aromatic rings. The summed E-state index contributed by atoms with van der Waals surface area (Å²) >= 11 is 0. The number of alkyl halides is 2. The third-order valence-corrected chi connectivity index (χ3v) is 6.80. The maximum absolute atomic E-state index is 15.2. The molecular formula is C26H31F3N4O2. The number of aliphatic hydroxyl groups is 2. The van der Waals surface area contributed by atoms with Gasteiger partial charge in [0.25, 0.3) is 0 Å². The number of aromatic nitrogens is 2. The summed E-state index contributed by atoms with van der Waals surface area (Å²) in [4.78, 5) is 2.19. The molecule has 4 rings (SSSR count). The molecule has 0 unspecified atom stereocenters. The van der Waals surface area contributed by atoms with Gasteiger partial charge in [-0.2, -0.15) is 19.0 Å². The van der Waals surface area contributed by atoms with Crippen molar-refractivity contribution >= 4 is 22.3 Å².